The number of hydrogen-bond acceptors (Lipinski definition) is 6. The van der Waals surface area contributed by atoms with E-state index in [4.69, 9.17) is 0 Å². The van der Waals surface area contributed by atoms with E-state index in [1.807, 2.05) is 38.2 Å². The van der Waals surface area contributed by atoms with E-state index in [1.54, 1.807) is 23.1 Å². The molecule has 0 spiro atoms. The van der Waals surface area contributed by atoms with Crippen LogP contribution < -0.4 is 5.32 Å². The number of piperazine rings is 1. The molecule has 1 aromatic heterocycles. The number of nitrogens with zero attached hydrogens (tertiary/aromatic N) is 5. The van der Waals surface area contributed by atoms with Crippen LogP contribution in [0.15, 0.2) is 66.1 Å². The van der Waals surface area contributed by atoms with Gasteiger partial charge in [0, 0.05) is 31.7 Å². The highest BCUT2D eigenvalue weighted by molar-refractivity contribution is 7.89. The molecule has 1 atom stereocenters. The molecule has 2 aromatic carbocycles. The van der Waals surface area contributed by atoms with Crippen LogP contribution >= 0.6 is 0 Å². The number of aromatic nitrogens is 3. The van der Waals surface area contributed by atoms with Gasteiger partial charge in [-0.1, -0.05) is 18.2 Å². The normalized spacial score (nSPS) is 16.6. The van der Waals surface area contributed by atoms with Crippen LogP contribution in [0.5, 0.6) is 0 Å². The number of rotatable bonds is 6. The zero-order chi connectivity index (χ0) is 22.7. The molecule has 1 saturated heterocycles. The SMILES string of the molecule is C[C@H](NC(=O)c1cccc(S(=O)(=O)N2CCN(C)CC2)c1)c1ccc(-n2cncn2)cc1. The van der Waals surface area contributed by atoms with E-state index in [2.05, 4.69) is 20.3 Å². The summed E-state index contributed by atoms with van der Waals surface area (Å²) in [4.78, 5) is 19.0. The highest BCUT2D eigenvalue weighted by Gasteiger charge is 2.28. The maximum atomic E-state index is 13.0. The monoisotopic (exact) mass is 454 g/mol. The van der Waals surface area contributed by atoms with E-state index in [1.165, 1.54) is 22.8 Å². The summed E-state index contributed by atoms with van der Waals surface area (Å²) < 4.78 is 29.1. The Morgan fingerprint density at radius 1 is 1.06 bits per heavy atom. The van der Waals surface area contributed by atoms with Gasteiger partial charge in [0.05, 0.1) is 16.6 Å². The third kappa shape index (κ3) is 4.72. The molecule has 0 bridgehead atoms. The quantitative estimate of drug-likeness (QED) is 0.609. The Morgan fingerprint density at radius 3 is 2.44 bits per heavy atom. The van der Waals surface area contributed by atoms with Crippen molar-refractivity contribution in [3.05, 3.63) is 72.3 Å². The Balaban J connectivity index is 1.45. The molecule has 2 heterocycles. The van der Waals surface area contributed by atoms with Gasteiger partial charge in [-0.3, -0.25) is 4.79 Å². The zero-order valence-corrected chi connectivity index (χ0v) is 18.9. The van der Waals surface area contributed by atoms with Crippen LogP contribution in [0, 0.1) is 0 Å². The summed E-state index contributed by atoms with van der Waals surface area (Å²) in [6.45, 7) is 4.14. The van der Waals surface area contributed by atoms with Crippen molar-refractivity contribution >= 4 is 15.9 Å². The van der Waals surface area contributed by atoms with Crippen molar-refractivity contribution in [1.82, 2.24) is 29.3 Å². The second-order valence-corrected chi connectivity index (χ2v) is 9.80. The van der Waals surface area contributed by atoms with Crippen LogP contribution in [0.1, 0.15) is 28.9 Å². The fraction of sp³-hybridized carbons (Fsp3) is 0.318. The zero-order valence-electron chi connectivity index (χ0n) is 18.0. The second-order valence-electron chi connectivity index (χ2n) is 7.86. The average molecular weight is 455 g/mol. The molecule has 168 valence electrons. The minimum Gasteiger partial charge on any atom is -0.346 e. The Bertz CT molecular complexity index is 1170. The third-order valence-electron chi connectivity index (χ3n) is 5.62. The van der Waals surface area contributed by atoms with E-state index in [0.29, 0.717) is 31.7 Å². The van der Waals surface area contributed by atoms with Crippen molar-refractivity contribution in [2.75, 3.05) is 33.2 Å². The Labute approximate surface area is 187 Å². The fourth-order valence-electron chi connectivity index (χ4n) is 3.60. The molecule has 4 rings (SSSR count). The van der Waals surface area contributed by atoms with Crippen molar-refractivity contribution < 1.29 is 13.2 Å². The molecule has 0 unspecified atom stereocenters. The van der Waals surface area contributed by atoms with Gasteiger partial charge in [-0.15, -0.1) is 0 Å². The summed E-state index contributed by atoms with van der Waals surface area (Å²) in [5.41, 5.74) is 2.10. The first-order chi connectivity index (χ1) is 15.3. The number of sulfonamides is 1. The third-order valence-corrected chi connectivity index (χ3v) is 7.51. The number of carbonyl (C=O) groups excluding carboxylic acids is 1. The Hall–Kier alpha value is -3.08. The average Bonchev–Trinajstić information content (AvgIpc) is 3.34. The lowest BCUT2D eigenvalue weighted by Gasteiger charge is -2.31. The van der Waals surface area contributed by atoms with E-state index in [-0.39, 0.29) is 16.8 Å². The summed E-state index contributed by atoms with van der Waals surface area (Å²) in [7, 11) is -1.66. The molecule has 1 N–H and O–H groups in total. The predicted molar refractivity (Wildman–Crippen MR) is 120 cm³/mol. The summed E-state index contributed by atoms with van der Waals surface area (Å²) in [5, 5.41) is 7.04. The van der Waals surface area contributed by atoms with Gasteiger partial charge in [-0.25, -0.2) is 18.1 Å². The Kier molecular flexibility index (Phi) is 6.35. The van der Waals surface area contributed by atoms with Gasteiger partial charge in [-0.05, 0) is 49.9 Å². The molecule has 32 heavy (non-hydrogen) atoms. The van der Waals surface area contributed by atoms with Gasteiger partial charge in [0.15, 0.2) is 0 Å². The molecule has 9 nitrogen and oxygen atoms in total. The van der Waals surface area contributed by atoms with E-state index in [0.717, 1.165) is 11.3 Å². The first-order valence-corrected chi connectivity index (χ1v) is 11.8. The van der Waals surface area contributed by atoms with Crippen LogP contribution in [0.4, 0.5) is 0 Å². The highest BCUT2D eigenvalue weighted by atomic mass is 32.2. The first-order valence-electron chi connectivity index (χ1n) is 10.4. The number of hydrogen-bond donors (Lipinski definition) is 1. The van der Waals surface area contributed by atoms with Gasteiger partial charge in [-0.2, -0.15) is 9.40 Å². The van der Waals surface area contributed by atoms with Gasteiger partial charge in [0.25, 0.3) is 5.91 Å². The molecule has 1 amide bonds. The lowest BCUT2D eigenvalue weighted by Crippen LogP contribution is -2.47. The number of benzene rings is 2. The van der Waals surface area contributed by atoms with Crippen LogP contribution in [-0.2, 0) is 10.0 Å². The van der Waals surface area contributed by atoms with Gasteiger partial charge in [0.2, 0.25) is 10.0 Å². The first kappa shape index (κ1) is 22.1. The number of amides is 1. The molecule has 1 aliphatic heterocycles. The minimum absolute atomic E-state index is 0.138. The summed E-state index contributed by atoms with van der Waals surface area (Å²) in [6.07, 6.45) is 3.08. The molecule has 0 aliphatic carbocycles. The van der Waals surface area contributed by atoms with E-state index >= 15 is 0 Å². The highest BCUT2D eigenvalue weighted by Crippen LogP contribution is 2.20. The summed E-state index contributed by atoms with van der Waals surface area (Å²) in [6, 6.07) is 13.6. The fourth-order valence-corrected chi connectivity index (χ4v) is 5.06. The molecular weight excluding hydrogens is 428 g/mol. The van der Waals surface area contributed by atoms with Gasteiger partial charge in [0.1, 0.15) is 12.7 Å². The van der Waals surface area contributed by atoms with Crippen LogP contribution in [0.3, 0.4) is 0 Å². The smallest absolute Gasteiger partial charge is 0.251 e. The Morgan fingerprint density at radius 2 is 1.78 bits per heavy atom. The molecular formula is C22H26N6O3S. The molecule has 10 heteroatoms. The molecule has 1 aliphatic rings. The molecule has 0 saturated carbocycles. The van der Waals surface area contributed by atoms with Crippen molar-refractivity contribution in [3.63, 3.8) is 0 Å². The van der Waals surface area contributed by atoms with Crippen molar-refractivity contribution in [2.45, 2.75) is 17.9 Å². The molecule has 0 radical (unpaired) electrons. The number of carbonyl (C=O) groups is 1. The summed E-state index contributed by atoms with van der Waals surface area (Å²) >= 11 is 0. The van der Waals surface area contributed by atoms with Crippen LogP contribution in [-0.4, -0.2) is 71.5 Å². The molecule has 1 fully saturated rings. The van der Waals surface area contributed by atoms with Crippen molar-refractivity contribution in [1.29, 1.82) is 0 Å². The number of likely N-dealkylation sites (N-methyl/N-ethyl adjacent to an activating group) is 1. The van der Waals surface area contributed by atoms with E-state index in [9.17, 15) is 13.2 Å². The lowest BCUT2D eigenvalue weighted by molar-refractivity contribution is 0.0939. The maximum absolute atomic E-state index is 13.0. The minimum atomic E-state index is -3.64. The van der Waals surface area contributed by atoms with Gasteiger partial charge < -0.3 is 10.2 Å². The standard InChI is InChI=1S/C22H26N6O3S/c1-17(18-6-8-20(9-7-18)28-16-23-15-24-28)25-22(29)19-4-3-5-21(14-19)32(30,31)27-12-10-26(2)11-13-27/h3-9,14-17H,10-13H2,1-2H3,(H,25,29)/t17-/m0/s1. The summed E-state index contributed by atoms with van der Waals surface area (Å²) in [5.74, 6) is -0.326. The predicted octanol–water partition coefficient (Wildman–Crippen LogP) is 1.69. The van der Waals surface area contributed by atoms with Crippen molar-refractivity contribution in [2.24, 2.45) is 0 Å². The number of nitrogens with one attached hydrogen (secondary N) is 1. The van der Waals surface area contributed by atoms with Crippen molar-refractivity contribution in [3.8, 4) is 5.69 Å². The van der Waals surface area contributed by atoms with Crippen LogP contribution in [0.2, 0.25) is 0 Å². The topological polar surface area (TPSA) is 100 Å². The van der Waals surface area contributed by atoms with Crippen LogP contribution in [0.25, 0.3) is 5.69 Å². The van der Waals surface area contributed by atoms with Gasteiger partial charge >= 0.3 is 0 Å². The second kappa shape index (κ2) is 9.19. The molecule has 3 aromatic rings. The largest absolute Gasteiger partial charge is 0.346 e. The maximum Gasteiger partial charge on any atom is 0.251 e. The lowest BCUT2D eigenvalue weighted by atomic mass is 10.1. The van der Waals surface area contributed by atoms with E-state index < -0.39 is 10.0 Å².